The van der Waals surface area contributed by atoms with Crippen molar-refractivity contribution in [3.63, 3.8) is 0 Å². The summed E-state index contributed by atoms with van der Waals surface area (Å²) >= 11 is 7.07. The fourth-order valence-electron chi connectivity index (χ4n) is 2.26. The summed E-state index contributed by atoms with van der Waals surface area (Å²) in [6.45, 7) is 0. The van der Waals surface area contributed by atoms with Gasteiger partial charge in [-0.25, -0.2) is 4.98 Å². The van der Waals surface area contributed by atoms with Crippen molar-refractivity contribution >= 4 is 39.7 Å². The number of halogens is 1. The standard InChI is InChI=1S/C17H12ClN3O4S/c1-25-12-4-2-3-10(7-12)14-9-26-17(19-14)20-16(22)13-8-11(18)5-6-15(13)21(23)24/h2-9H,1H3,(H,19,20,22). The van der Waals surface area contributed by atoms with Gasteiger partial charge in [-0.15, -0.1) is 11.3 Å². The topological polar surface area (TPSA) is 94.4 Å². The Bertz CT molecular complexity index is 990. The SMILES string of the molecule is COc1cccc(-c2csc(NC(=O)c3cc(Cl)ccc3[N+](=O)[O-])n2)c1. The number of methoxy groups -OCH3 is 1. The molecule has 3 rings (SSSR count). The Morgan fingerprint density at radius 1 is 1.31 bits per heavy atom. The van der Waals surface area contributed by atoms with E-state index in [0.717, 1.165) is 5.56 Å². The minimum absolute atomic E-state index is 0.124. The summed E-state index contributed by atoms with van der Waals surface area (Å²) in [4.78, 5) is 27.2. The Kier molecular flexibility index (Phi) is 5.15. The summed E-state index contributed by atoms with van der Waals surface area (Å²) in [6, 6.07) is 11.2. The van der Waals surface area contributed by atoms with Crippen LogP contribution in [0.25, 0.3) is 11.3 Å². The number of anilines is 1. The smallest absolute Gasteiger partial charge is 0.282 e. The number of carbonyl (C=O) groups is 1. The van der Waals surface area contributed by atoms with E-state index in [0.29, 0.717) is 16.6 Å². The third-order valence-electron chi connectivity index (χ3n) is 3.49. The van der Waals surface area contributed by atoms with E-state index >= 15 is 0 Å². The molecule has 1 heterocycles. The number of nitro benzene ring substituents is 1. The van der Waals surface area contributed by atoms with Crippen LogP contribution < -0.4 is 10.1 Å². The number of nitrogens with zero attached hydrogens (tertiary/aromatic N) is 2. The molecule has 0 radical (unpaired) electrons. The molecular weight excluding hydrogens is 378 g/mol. The average Bonchev–Trinajstić information content (AvgIpc) is 3.10. The number of carbonyl (C=O) groups excluding carboxylic acids is 1. The highest BCUT2D eigenvalue weighted by molar-refractivity contribution is 7.14. The highest BCUT2D eigenvalue weighted by Crippen LogP contribution is 2.29. The molecule has 1 amide bonds. The quantitative estimate of drug-likeness (QED) is 0.507. The molecule has 0 aliphatic heterocycles. The molecular formula is C17H12ClN3O4S. The monoisotopic (exact) mass is 389 g/mol. The molecule has 9 heteroatoms. The van der Waals surface area contributed by atoms with Gasteiger partial charge in [0, 0.05) is 22.0 Å². The lowest BCUT2D eigenvalue weighted by atomic mass is 10.1. The number of nitrogens with one attached hydrogen (secondary N) is 1. The zero-order chi connectivity index (χ0) is 18.7. The van der Waals surface area contributed by atoms with Gasteiger partial charge in [-0.05, 0) is 24.3 Å². The molecule has 0 fully saturated rings. The number of hydrogen-bond acceptors (Lipinski definition) is 6. The number of aromatic nitrogens is 1. The van der Waals surface area contributed by atoms with Gasteiger partial charge < -0.3 is 4.74 Å². The lowest BCUT2D eigenvalue weighted by Crippen LogP contribution is -2.13. The Morgan fingerprint density at radius 2 is 2.12 bits per heavy atom. The van der Waals surface area contributed by atoms with Crippen LogP contribution in [0.1, 0.15) is 10.4 Å². The van der Waals surface area contributed by atoms with Crippen LogP contribution in [0.4, 0.5) is 10.8 Å². The summed E-state index contributed by atoms with van der Waals surface area (Å²) < 4.78 is 5.18. The van der Waals surface area contributed by atoms with E-state index in [4.69, 9.17) is 16.3 Å². The Labute approximate surface area is 157 Å². The molecule has 132 valence electrons. The predicted molar refractivity (Wildman–Crippen MR) is 100 cm³/mol. The summed E-state index contributed by atoms with van der Waals surface area (Å²) in [5.41, 5.74) is 1.04. The van der Waals surface area contributed by atoms with Crippen LogP contribution in [0.3, 0.4) is 0 Å². The molecule has 2 aromatic carbocycles. The van der Waals surface area contributed by atoms with Crippen molar-refractivity contribution in [1.29, 1.82) is 0 Å². The third kappa shape index (κ3) is 3.81. The molecule has 1 N–H and O–H groups in total. The summed E-state index contributed by atoms with van der Waals surface area (Å²) in [6.07, 6.45) is 0. The van der Waals surface area contributed by atoms with Gasteiger partial charge in [0.1, 0.15) is 11.3 Å². The number of hydrogen-bond donors (Lipinski definition) is 1. The number of benzene rings is 2. The Hall–Kier alpha value is -2.97. The molecule has 0 unspecified atom stereocenters. The second-order valence-electron chi connectivity index (χ2n) is 5.14. The van der Waals surface area contributed by atoms with Crippen molar-refractivity contribution in [3.8, 4) is 17.0 Å². The van der Waals surface area contributed by atoms with E-state index in [1.165, 1.54) is 29.5 Å². The minimum Gasteiger partial charge on any atom is -0.497 e. The van der Waals surface area contributed by atoms with Crippen LogP contribution in [0, 0.1) is 10.1 Å². The second kappa shape index (κ2) is 7.51. The molecule has 0 saturated heterocycles. The van der Waals surface area contributed by atoms with Crippen LogP contribution in [0.5, 0.6) is 5.75 Å². The molecule has 26 heavy (non-hydrogen) atoms. The number of thiazole rings is 1. The molecule has 0 aliphatic rings. The number of ether oxygens (including phenoxy) is 1. The molecule has 0 aliphatic carbocycles. The number of amides is 1. The summed E-state index contributed by atoms with van der Waals surface area (Å²) in [5, 5.41) is 16.0. The van der Waals surface area contributed by atoms with Crippen LogP contribution in [0.15, 0.2) is 47.8 Å². The normalized spacial score (nSPS) is 10.4. The van der Waals surface area contributed by atoms with Gasteiger partial charge in [0.2, 0.25) is 0 Å². The van der Waals surface area contributed by atoms with Gasteiger partial charge in [-0.3, -0.25) is 20.2 Å². The van der Waals surface area contributed by atoms with E-state index < -0.39 is 10.8 Å². The van der Waals surface area contributed by atoms with E-state index in [9.17, 15) is 14.9 Å². The first-order valence-corrected chi connectivity index (χ1v) is 8.59. The molecule has 3 aromatic rings. The van der Waals surface area contributed by atoms with Crippen LogP contribution in [-0.4, -0.2) is 22.9 Å². The summed E-state index contributed by atoms with van der Waals surface area (Å²) in [5.74, 6) is 0.0429. The maximum atomic E-state index is 12.4. The molecule has 0 spiro atoms. The Balaban J connectivity index is 1.84. The molecule has 1 aromatic heterocycles. The average molecular weight is 390 g/mol. The fraction of sp³-hybridized carbons (Fsp3) is 0.0588. The van der Waals surface area contributed by atoms with Crippen LogP contribution >= 0.6 is 22.9 Å². The zero-order valence-corrected chi connectivity index (χ0v) is 15.0. The number of nitro groups is 1. The van der Waals surface area contributed by atoms with Gasteiger partial charge in [-0.2, -0.15) is 0 Å². The molecule has 0 bridgehead atoms. The van der Waals surface area contributed by atoms with Crippen LogP contribution in [-0.2, 0) is 0 Å². The maximum absolute atomic E-state index is 12.4. The van der Waals surface area contributed by atoms with Gasteiger partial charge >= 0.3 is 0 Å². The van der Waals surface area contributed by atoms with Gasteiger partial charge in [0.15, 0.2) is 5.13 Å². The first-order valence-electron chi connectivity index (χ1n) is 7.33. The first kappa shape index (κ1) is 17.8. The van der Waals surface area contributed by atoms with Crippen molar-refractivity contribution in [3.05, 3.63) is 68.5 Å². The predicted octanol–water partition coefficient (Wildman–Crippen LogP) is 4.63. The highest BCUT2D eigenvalue weighted by atomic mass is 35.5. The van der Waals surface area contributed by atoms with Crippen molar-refractivity contribution < 1.29 is 14.5 Å². The van der Waals surface area contributed by atoms with E-state index in [2.05, 4.69) is 10.3 Å². The van der Waals surface area contributed by atoms with Gasteiger partial charge in [0.25, 0.3) is 11.6 Å². The highest BCUT2D eigenvalue weighted by Gasteiger charge is 2.21. The van der Waals surface area contributed by atoms with Crippen LogP contribution in [0.2, 0.25) is 5.02 Å². The van der Waals surface area contributed by atoms with Crippen molar-refractivity contribution in [2.75, 3.05) is 12.4 Å². The third-order valence-corrected chi connectivity index (χ3v) is 4.48. The summed E-state index contributed by atoms with van der Waals surface area (Å²) in [7, 11) is 1.57. The molecule has 0 saturated carbocycles. The van der Waals surface area contributed by atoms with Crippen molar-refractivity contribution in [1.82, 2.24) is 4.98 Å². The van der Waals surface area contributed by atoms with E-state index in [-0.39, 0.29) is 16.3 Å². The fourth-order valence-corrected chi connectivity index (χ4v) is 3.15. The zero-order valence-electron chi connectivity index (χ0n) is 13.4. The molecule has 7 nitrogen and oxygen atoms in total. The lowest BCUT2D eigenvalue weighted by Gasteiger charge is -2.04. The second-order valence-corrected chi connectivity index (χ2v) is 6.44. The first-order chi connectivity index (χ1) is 12.5. The van der Waals surface area contributed by atoms with Crippen molar-refractivity contribution in [2.45, 2.75) is 0 Å². The van der Waals surface area contributed by atoms with Gasteiger partial charge in [-0.1, -0.05) is 23.7 Å². The van der Waals surface area contributed by atoms with Gasteiger partial charge in [0.05, 0.1) is 17.7 Å². The van der Waals surface area contributed by atoms with E-state index in [1.807, 2.05) is 24.3 Å². The lowest BCUT2D eigenvalue weighted by molar-refractivity contribution is -0.385. The largest absolute Gasteiger partial charge is 0.497 e. The van der Waals surface area contributed by atoms with E-state index in [1.54, 1.807) is 12.5 Å². The Morgan fingerprint density at radius 3 is 2.85 bits per heavy atom. The number of rotatable bonds is 5. The van der Waals surface area contributed by atoms with Crippen molar-refractivity contribution in [2.24, 2.45) is 0 Å². The molecule has 0 atom stereocenters. The maximum Gasteiger partial charge on any atom is 0.282 e. The minimum atomic E-state index is -0.647.